The predicted octanol–water partition coefficient (Wildman–Crippen LogP) is 1.40. The molecule has 0 saturated heterocycles. The third-order valence-electron chi connectivity index (χ3n) is 2.50. The van der Waals surface area contributed by atoms with Gasteiger partial charge in [0.25, 0.3) is 5.91 Å². The van der Waals surface area contributed by atoms with E-state index in [1.807, 2.05) is 0 Å². The Labute approximate surface area is 102 Å². The number of H-pyrrole nitrogens is 1. The van der Waals surface area contributed by atoms with Crippen molar-refractivity contribution in [3.05, 3.63) is 35.0 Å². The minimum absolute atomic E-state index is 0.00463. The van der Waals surface area contributed by atoms with Gasteiger partial charge in [0, 0.05) is 0 Å². The van der Waals surface area contributed by atoms with Gasteiger partial charge in [0.05, 0.1) is 28.8 Å². The zero-order valence-electron chi connectivity index (χ0n) is 9.91. The van der Waals surface area contributed by atoms with Gasteiger partial charge in [0.1, 0.15) is 11.6 Å². The summed E-state index contributed by atoms with van der Waals surface area (Å²) in [5.74, 6) is -1.16. The molecule has 2 rings (SSSR count). The maximum absolute atomic E-state index is 13.0. The molecule has 0 aliphatic carbocycles. The molecule has 2 heterocycles. The van der Waals surface area contributed by atoms with Crippen LogP contribution in [-0.4, -0.2) is 21.1 Å². The van der Waals surface area contributed by atoms with Crippen LogP contribution < -0.4 is 11.1 Å². The van der Waals surface area contributed by atoms with Crippen LogP contribution in [0.2, 0.25) is 0 Å². The van der Waals surface area contributed by atoms with Crippen molar-refractivity contribution >= 4 is 17.4 Å². The van der Waals surface area contributed by atoms with Crippen LogP contribution in [0.3, 0.4) is 0 Å². The highest BCUT2D eigenvalue weighted by Crippen LogP contribution is 2.18. The summed E-state index contributed by atoms with van der Waals surface area (Å²) in [6.07, 6.45) is 0.959. The molecule has 1 amide bonds. The molecule has 0 aliphatic heterocycles. The number of amides is 1. The molecule has 0 atom stereocenters. The highest BCUT2D eigenvalue weighted by Gasteiger charge is 2.15. The zero-order valence-corrected chi connectivity index (χ0v) is 9.91. The van der Waals surface area contributed by atoms with Crippen molar-refractivity contribution in [1.29, 1.82) is 0 Å². The summed E-state index contributed by atoms with van der Waals surface area (Å²) < 4.78 is 13.0. The average Bonchev–Trinajstić information content (AvgIpc) is 2.64. The third kappa shape index (κ3) is 2.15. The maximum atomic E-state index is 13.0. The predicted molar refractivity (Wildman–Crippen MR) is 64.6 cm³/mol. The van der Waals surface area contributed by atoms with Gasteiger partial charge < -0.3 is 11.1 Å². The van der Waals surface area contributed by atoms with Crippen molar-refractivity contribution in [1.82, 2.24) is 15.2 Å². The number of aromatic nitrogens is 3. The van der Waals surface area contributed by atoms with Crippen molar-refractivity contribution < 1.29 is 9.18 Å². The lowest BCUT2D eigenvalue weighted by Gasteiger charge is -2.07. The largest absolute Gasteiger partial charge is 0.383 e. The third-order valence-corrected chi connectivity index (χ3v) is 2.50. The molecule has 0 aliphatic rings. The number of carbonyl (C=O) groups is 1. The van der Waals surface area contributed by atoms with Gasteiger partial charge in [-0.2, -0.15) is 5.10 Å². The number of nitrogen functional groups attached to an aromatic ring is 1. The Balaban J connectivity index is 2.30. The van der Waals surface area contributed by atoms with E-state index in [0.29, 0.717) is 17.1 Å². The summed E-state index contributed by atoms with van der Waals surface area (Å²) >= 11 is 0. The fourth-order valence-corrected chi connectivity index (χ4v) is 1.55. The average molecular weight is 249 g/mol. The van der Waals surface area contributed by atoms with Gasteiger partial charge in [-0.05, 0) is 19.9 Å². The molecule has 6 nitrogen and oxygen atoms in total. The number of pyridine rings is 1. The van der Waals surface area contributed by atoms with Crippen LogP contribution in [0.25, 0.3) is 0 Å². The Kier molecular flexibility index (Phi) is 2.97. The van der Waals surface area contributed by atoms with Crippen molar-refractivity contribution in [3.8, 4) is 0 Å². The van der Waals surface area contributed by atoms with Gasteiger partial charge in [0.15, 0.2) is 0 Å². The van der Waals surface area contributed by atoms with Crippen molar-refractivity contribution in [2.75, 3.05) is 11.1 Å². The van der Waals surface area contributed by atoms with Gasteiger partial charge in [-0.15, -0.1) is 0 Å². The molecule has 0 radical (unpaired) electrons. The Hall–Kier alpha value is -2.44. The number of hydrogen-bond donors (Lipinski definition) is 3. The van der Waals surface area contributed by atoms with Crippen LogP contribution in [0.4, 0.5) is 15.9 Å². The van der Waals surface area contributed by atoms with E-state index in [0.717, 1.165) is 12.3 Å². The SMILES string of the molecule is Cc1n[nH]c(C)c1NC(=O)c1cc(F)cnc1N. The van der Waals surface area contributed by atoms with E-state index in [9.17, 15) is 9.18 Å². The van der Waals surface area contributed by atoms with Gasteiger partial charge in [-0.3, -0.25) is 9.89 Å². The number of aromatic amines is 1. The fourth-order valence-electron chi connectivity index (χ4n) is 1.55. The number of rotatable bonds is 2. The first-order chi connectivity index (χ1) is 8.49. The van der Waals surface area contributed by atoms with E-state index < -0.39 is 11.7 Å². The number of carbonyl (C=O) groups excluding carboxylic acids is 1. The molecule has 94 valence electrons. The lowest BCUT2D eigenvalue weighted by Crippen LogP contribution is -2.16. The second-order valence-electron chi connectivity index (χ2n) is 3.85. The topological polar surface area (TPSA) is 96.7 Å². The first-order valence-corrected chi connectivity index (χ1v) is 5.23. The molecule has 2 aromatic rings. The summed E-state index contributed by atoms with van der Waals surface area (Å²) in [4.78, 5) is 15.5. The molecule has 0 saturated carbocycles. The normalized spacial score (nSPS) is 10.4. The molecule has 7 heteroatoms. The van der Waals surface area contributed by atoms with Crippen LogP contribution in [0.1, 0.15) is 21.7 Å². The highest BCUT2D eigenvalue weighted by molar-refractivity contribution is 6.07. The second-order valence-corrected chi connectivity index (χ2v) is 3.85. The Morgan fingerprint density at radius 1 is 1.50 bits per heavy atom. The van der Waals surface area contributed by atoms with E-state index in [1.54, 1.807) is 13.8 Å². The van der Waals surface area contributed by atoms with Gasteiger partial charge in [-0.1, -0.05) is 0 Å². The highest BCUT2D eigenvalue weighted by atomic mass is 19.1. The van der Waals surface area contributed by atoms with E-state index in [1.165, 1.54) is 0 Å². The van der Waals surface area contributed by atoms with Crippen molar-refractivity contribution in [3.63, 3.8) is 0 Å². The second kappa shape index (κ2) is 4.44. The summed E-state index contributed by atoms with van der Waals surface area (Å²) in [6, 6.07) is 1.04. The molecule has 0 bridgehead atoms. The number of nitrogens with two attached hydrogens (primary N) is 1. The van der Waals surface area contributed by atoms with Gasteiger partial charge in [-0.25, -0.2) is 9.37 Å². The van der Waals surface area contributed by atoms with Crippen LogP contribution in [-0.2, 0) is 0 Å². The fraction of sp³-hybridized carbons (Fsp3) is 0.182. The molecule has 0 spiro atoms. The van der Waals surface area contributed by atoms with E-state index in [2.05, 4.69) is 20.5 Å². The summed E-state index contributed by atoms with van der Waals surface area (Å²) in [5.41, 5.74) is 7.44. The van der Waals surface area contributed by atoms with Crippen molar-refractivity contribution in [2.24, 2.45) is 0 Å². The molecule has 0 fully saturated rings. The smallest absolute Gasteiger partial charge is 0.259 e. The first kappa shape index (κ1) is 12.0. The standard InChI is InChI=1S/C11H12FN5O/c1-5-9(6(2)17-16-5)15-11(18)8-3-7(12)4-14-10(8)13/h3-4H,1-2H3,(H2,13,14)(H,15,18)(H,16,17). The van der Waals surface area contributed by atoms with Gasteiger partial charge >= 0.3 is 0 Å². The van der Waals surface area contributed by atoms with Crippen LogP contribution in [0, 0.1) is 19.7 Å². The molecule has 0 unspecified atom stereocenters. The number of hydrogen-bond acceptors (Lipinski definition) is 4. The van der Waals surface area contributed by atoms with Crippen molar-refractivity contribution in [2.45, 2.75) is 13.8 Å². The molecule has 4 N–H and O–H groups in total. The summed E-state index contributed by atoms with van der Waals surface area (Å²) in [6.45, 7) is 3.51. The van der Waals surface area contributed by atoms with E-state index >= 15 is 0 Å². The summed E-state index contributed by atoms with van der Waals surface area (Å²) in [5, 5.41) is 9.30. The van der Waals surface area contributed by atoms with E-state index in [-0.39, 0.29) is 11.4 Å². The number of aryl methyl sites for hydroxylation is 2. The Bertz CT molecular complexity index is 588. The monoisotopic (exact) mass is 249 g/mol. The molecule has 2 aromatic heterocycles. The number of nitrogens with zero attached hydrogens (tertiary/aromatic N) is 2. The van der Waals surface area contributed by atoms with Crippen LogP contribution in [0.15, 0.2) is 12.3 Å². The molecular weight excluding hydrogens is 237 g/mol. The zero-order chi connectivity index (χ0) is 13.3. The van der Waals surface area contributed by atoms with Crippen LogP contribution >= 0.6 is 0 Å². The minimum Gasteiger partial charge on any atom is -0.383 e. The molecule has 18 heavy (non-hydrogen) atoms. The van der Waals surface area contributed by atoms with E-state index in [4.69, 9.17) is 5.73 Å². The Morgan fingerprint density at radius 2 is 2.22 bits per heavy atom. The summed E-state index contributed by atoms with van der Waals surface area (Å²) in [7, 11) is 0. The molecular formula is C11H12FN5O. The lowest BCUT2D eigenvalue weighted by atomic mass is 10.2. The van der Waals surface area contributed by atoms with Gasteiger partial charge in [0.2, 0.25) is 0 Å². The van der Waals surface area contributed by atoms with Crippen LogP contribution in [0.5, 0.6) is 0 Å². The minimum atomic E-state index is -0.616. The number of anilines is 2. The maximum Gasteiger partial charge on any atom is 0.259 e. The number of halogens is 1. The number of nitrogens with one attached hydrogen (secondary N) is 2. The molecule has 0 aromatic carbocycles. The quantitative estimate of drug-likeness (QED) is 0.749. The Morgan fingerprint density at radius 3 is 2.83 bits per heavy atom. The lowest BCUT2D eigenvalue weighted by molar-refractivity contribution is 0.102. The first-order valence-electron chi connectivity index (χ1n) is 5.23.